The number of carbonyl (C=O) groups excluding carboxylic acids is 1. The standard InChI is InChI=1S/C10H9NO2/c11-13-10(12)9-6-5-7-3-1-2-4-8(7)9/h1-6,9H,11H2. The number of rotatable bonds is 1. The Morgan fingerprint density at radius 2 is 2.15 bits per heavy atom. The van der Waals surface area contributed by atoms with Crippen LogP contribution in [0, 0.1) is 0 Å². The van der Waals surface area contributed by atoms with E-state index in [4.69, 9.17) is 5.90 Å². The first kappa shape index (κ1) is 8.01. The van der Waals surface area contributed by atoms with Crippen molar-refractivity contribution in [3.8, 4) is 0 Å². The number of nitrogens with two attached hydrogens (primary N) is 1. The van der Waals surface area contributed by atoms with Crippen LogP contribution in [0.2, 0.25) is 0 Å². The normalized spacial score (nSPS) is 18.4. The molecule has 0 saturated heterocycles. The van der Waals surface area contributed by atoms with Gasteiger partial charge in [-0.3, -0.25) is 0 Å². The van der Waals surface area contributed by atoms with Crippen molar-refractivity contribution < 1.29 is 9.63 Å². The van der Waals surface area contributed by atoms with E-state index >= 15 is 0 Å². The maximum Gasteiger partial charge on any atom is 0.335 e. The Balaban J connectivity index is 2.38. The molecule has 1 aromatic rings. The van der Waals surface area contributed by atoms with Crippen LogP contribution in [0.3, 0.4) is 0 Å². The lowest BCUT2D eigenvalue weighted by Crippen LogP contribution is -2.16. The largest absolute Gasteiger partial charge is 0.373 e. The molecule has 0 radical (unpaired) electrons. The van der Waals surface area contributed by atoms with Gasteiger partial charge in [0, 0.05) is 0 Å². The van der Waals surface area contributed by atoms with Crippen LogP contribution < -0.4 is 5.90 Å². The molecule has 0 aromatic heterocycles. The Labute approximate surface area is 75.8 Å². The molecular formula is C10H9NO2. The molecule has 1 unspecified atom stereocenters. The quantitative estimate of drug-likeness (QED) is 0.653. The lowest BCUT2D eigenvalue weighted by atomic mass is 10.0. The fourth-order valence-electron chi connectivity index (χ4n) is 1.53. The van der Waals surface area contributed by atoms with Crippen molar-refractivity contribution in [3.63, 3.8) is 0 Å². The molecule has 66 valence electrons. The third kappa shape index (κ3) is 1.23. The van der Waals surface area contributed by atoms with E-state index in [0.29, 0.717) is 0 Å². The second-order valence-corrected chi connectivity index (χ2v) is 2.90. The van der Waals surface area contributed by atoms with E-state index in [2.05, 4.69) is 4.84 Å². The molecule has 3 heteroatoms. The Hall–Kier alpha value is -1.61. The molecule has 13 heavy (non-hydrogen) atoms. The van der Waals surface area contributed by atoms with Gasteiger partial charge in [0.05, 0.1) is 0 Å². The van der Waals surface area contributed by atoms with Crippen molar-refractivity contribution in [1.82, 2.24) is 0 Å². The Morgan fingerprint density at radius 3 is 2.92 bits per heavy atom. The first-order valence-corrected chi connectivity index (χ1v) is 4.00. The summed E-state index contributed by atoms with van der Waals surface area (Å²) in [4.78, 5) is 15.4. The third-order valence-electron chi connectivity index (χ3n) is 2.17. The third-order valence-corrected chi connectivity index (χ3v) is 2.17. The van der Waals surface area contributed by atoms with Gasteiger partial charge in [0.15, 0.2) is 0 Å². The van der Waals surface area contributed by atoms with Gasteiger partial charge in [-0.2, -0.15) is 5.90 Å². The predicted molar refractivity (Wildman–Crippen MR) is 48.5 cm³/mol. The monoisotopic (exact) mass is 175 g/mol. The Bertz CT molecular complexity index is 371. The molecule has 0 bridgehead atoms. The van der Waals surface area contributed by atoms with Crippen LogP contribution in [-0.4, -0.2) is 5.97 Å². The number of fused-ring (bicyclic) bond motifs is 1. The molecule has 1 aliphatic carbocycles. The fourth-order valence-corrected chi connectivity index (χ4v) is 1.53. The minimum absolute atomic E-state index is 0.332. The minimum atomic E-state index is -0.416. The van der Waals surface area contributed by atoms with Gasteiger partial charge in [-0.1, -0.05) is 36.4 Å². The van der Waals surface area contributed by atoms with Gasteiger partial charge in [-0.25, -0.2) is 4.79 Å². The molecule has 2 N–H and O–H groups in total. The van der Waals surface area contributed by atoms with Crippen molar-refractivity contribution >= 4 is 12.0 Å². The molecule has 1 aliphatic rings. The van der Waals surface area contributed by atoms with E-state index in [9.17, 15) is 4.79 Å². The first-order chi connectivity index (χ1) is 6.33. The van der Waals surface area contributed by atoms with Gasteiger partial charge in [-0.15, -0.1) is 0 Å². The van der Waals surface area contributed by atoms with Crippen LogP contribution >= 0.6 is 0 Å². The molecular weight excluding hydrogens is 166 g/mol. The van der Waals surface area contributed by atoms with E-state index < -0.39 is 5.97 Å². The highest BCUT2D eigenvalue weighted by Gasteiger charge is 2.24. The van der Waals surface area contributed by atoms with Gasteiger partial charge < -0.3 is 4.84 Å². The maximum absolute atomic E-state index is 11.2. The summed E-state index contributed by atoms with van der Waals surface area (Å²) < 4.78 is 0. The fraction of sp³-hybridized carbons (Fsp3) is 0.100. The zero-order valence-corrected chi connectivity index (χ0v) is 6.94. The second kappa shape index (κ2) is 3.03. The molecule has 0 heterocycles. The lowest BCUT2D eigenvalue weighted by molar-refractivity contribution is -0.144. The summed E-state index contributed by atoms with van der Waals surface area (Å²) in [6.45, 7) is 0. The van der Waals surface area contributed by atoms with E-state index in [0.717, 1.165) is 11.1 Å². The van der Waals surface area contributed by atoms with Crippen molar-refractivity contribution in [3.05, 3.63) is 41.5 Å². The molecule has 0 spiro atoms. The summed E-state index contributed by atoms with van der Waals surface area (Å²) in [5.41, 5.74) is 2.01. The SMILES string of the molecule is NOC(=O)C1C=Cc2ccccc21. The van der Waals surface area contributed by atoms with Crippen molar-refractivity contribution in [2.24, 2.45) is 5.90 Å². The summed E-state index contributed by atoms with van der Waals surface area (Å²) in [5.74, 6) is 4.08. The zero-order chi connectivity index (χ0) is 9.26. The summed E-state index contributed by atoms with van der Waals surface area (Å²) in [5, 5.41) is 0. The molecule has 0 aliphatic heterocycles. The number of hydrogen-bond donors (Lipinski definition) is 1. The predicted octanol–water partition coefficient (Wildman–Crippen LogP) is 1.21. The van der Waals surface area contributed by atoms with Crippen molar-refractivity contribution in [2.75, 3.05) is 0 Å². The molecule has 1 atom stereocenters. The average Bonchev–Trinajstić information content (AvgIpc) is 2.60. The van der Waals surface area contributed by atoms with Gasteiger partial charge in [-0.05, 0) is 11.1 Å². The van der Waals surface area contributed by atoms with E-state index in [1.54, 1.807) is 6.08 Å². The summed E-state index contributed by atoms with van der Waals surface area (Å²) in [7, 11) is 0. The van der Waals surface area contributed by atoms with Crippen LogP contribution in [0.25, 0.3) is 6.08 Å². The van der Waals surface area contributed by atoms with Crippen LogP contribution in [-0.2, 0) is 9.63 Å². The highest BCUT2D eigenvalue weighted by molar-refractivity contribution is 5.86. The molecule has 2 rings (SSSR count). The van der Waals surface area contributed by atoms with Crippen LogP contribution in [0.4, 0.5) is 0 Å². The Kier molecular flexibility index (Phi) is 1.87. The summed E-state index contributed by atoms with van der Waals surface area (Å²) in [6, 6.07) is 7.68. The molecule has 1 aromatic carbocycles. The van der Waals surface area contributed by atoms with Gasteiger partial charge in [0.1, 0.15) is 5.92 Å². The zero-order valence-electron chi connectivity index (χ0n) is 6.94. The van der Waals surface area contributed by atoms with Crippen LogP contribution in [0.1, 0.15) is 17.0 Å². The van der Waals surface area contributed by atoms with Gasteiger partial charge in [0.25, 0.3) is 0 Å². The highest BCUT2D eigenvalue weighted by atomic mass is 16.7. The number of benzene rings is 1. The highest BCUT2D eigenvalue weighted by Crippen LogP contribution is 2.30. The van der Waals surface area contributed by atoms with Crippen molar-refractivity contribution in [1.29, 1.82) is 0 Å². The van der Waals surface area contributed by atoms with Crippen LogP contribution in [0.5, 0.6) is 0 Å². The van der Waals surface area contributed by atoms with E-state index in [1.165, 1.54) is 0 Å². The summed E-state index contributed by atoms with van der Waals surface area (Å²) >= 11 is 0. The minimum Gasteiger partial charge on any atom is -0.373 e. The van der Waals surface area contributed by atoms with Gasteiger partial charge in [0.2, 0.25) is 0 Å². The first-order valence-electron chi connectivity index (χ1n) is 4.00. The molecule has 0 amide bonds. The van der Waals surface area contributed by atoms with E-state index in [1.807, 2.05) is 30.3 Å². The number of hydrogen-bond acceptors (Lipinski definition) is 3. The van der Waals surface area contributed by atoms with Crippen LogP contribution in [0.15, 0.2) is 30.3 Å². The number of carbonyl (C=O) groups is 1. The molecule has 0 fully saturated rings. The smallest absolute Gasteiger partial charge is 0.335 e. The van der Waals surface area contributed by atoms with Gasteiger partial charge >= 0.3 is 5.97 Å². The van der Waals surface area contributed by atoms with Crippen molar-refractivity contribution in [2.45, 2.75) is 5.92 Å². The molecule has 0 saturated carbocycles. The lowest BCUT2D eigenvalue weighted by Gasteiger charge is -2.06. The molecule has 3 nitrogen and oxygen atoms in total. The summed E-state index contributed by atoms with van der Waals surface area (Å²) in [6.07, 6.45) is 3.69. The Morgan fingerprint density at radius 1 is 1.38 bits per heavy atom. The topological polar surface area (TPSA) is 52.3 Å². The second-order valence-electron chi connectivity index (χ2n) is 2.90. The maximum atomic E-state index is 11.2. The average molecular weight is 175 g/mol. The van der Waals surface area contributed by atoms with E-state index in [-0.39, 0.29) is 5.92 Å².